The number of rotatable bonds is 5. The Morgan fingerprint density at radius 3 is 2.12 bits per heavy atom. The second-order valence-corrected chi connectivity index (χ2v) is 13.8. The molecule has 6 rings (SSSR count). The fraction of sp³-hybridized carbons (Fsp3) is 0.441. The molecule has 3 aliphatic heterocycles. The van der Waals surface area contributed by atoms with Crippen LogP contribution in [0, 0.1) is 0 Å². The van der Waals surface area contributed by atoms with Crippen molar-refractivity contribution in [1.29, 1.82) is 0 Å². The van der Waals surface area contributed by atoms with Crippen molar-refractivity contribution in [2.75, 3.05) is 103 Å². The molecule has 0 aromatic heterocycles. The maximum absolute atomic E-state index is 14.5. The van der Waals surface area contributed by atoms with Gasteiger partial charge in [-0.3, -0.25) is 9.69 Å². The predicted molar refractivity (Wildman–Crippen MR) is 179 cm³/mol. The molecule has 8 nitrogen and oxygen atoms in total. The highest BCUT2D eigenvalue weighted by Gasteiger charge is 2.59. The van der Waals surface area contributed by atoms with Crippen molar-refractivity contribution in [3.63, 3.8) is 0 Å². The smallest absolute Gasteiger partial charge is 0.255 e. The minimum Gasteiger partial charge on any atom is -0.388 e. The normalized spacial score (nSPS) is 22.7. The molecule has 1 spiro atoms. The highest BCUT2D eigenvalue weighted by Crippen LogP contribution is 2.56. The van der Waals surface area contributed by atoms with E-state index in [1.165, 1.54) is 26.6 Å². The van der Waals surface area contributed by atoms with E-state index in [1.807, 2.05) is 19.2 Å². The van der Waals surface area contributed by atoms with Crippen LogP contribution in [0.2, 0.25) is 0 Å². The first-order chi connectivity index (χ1) is 21.0. The van der Waals surface area contributed by atoms with Crippen LogP contribution < -0.4 is 26.2 Å². The van der Waals surface area contributed by atoms with Gasteiger partial charge in [-0.15, -0.1) is 0 Å². The summed E-state index contributed by atoms with van der Waals surface area (Å²) in [6.45, 7) is 9.13. The summed E-state index contributed by atoms with van der Waals surface area (Å²) in [5.74, 6) is 0.122. The van der Waals surface area contributed by atoms with E-state index in [0.717, 1.165) is 75.7 Å². The van der Waals surface area contributed by atoms with Crippen LogP contribution in [-0.4, -0.2) is 109 Å². The first kappa shape index (κ1) is 30.0. The number of benzene rings is 3. The molecule has 1 amide bonds. The third-order valence-corrected chi connectivity index (χ3v) is 11.2. The lowest BCUT2D eigenvalue weighted by molar-refractivity contribution is 0.0639. The number of anilines is 2. The highest BCUT2D eigenvalue weighted by atomic mass is 32.2. The van der Waals surface area contributed by atoms with Crippen molar-refractivity contribution in [1.82, 2.24) is 25.8 Å². The summed E-state index contributed by atoms with van der Waals surface area (Å²) in [6.07, 6.45) is 2.34. The van der Waals surface area contributed by atoms with E-state index in [2.05, 4.69) is 105 Å². The molecular formula is C34H46N7OS+. The number of hydrogen-bond donors (Lipinski definition) is 4. The van der Waals surface area contributed by atoms with Gasteiger partial charge < -0.3 is 31.1 Å². The average molecular weight is 601 g/mol. The molecule has 1 unspecified atom stereocenters. The molecule has 3 aromatic rings. The van der Waals surface area contributed by atoms with Crippen LogP contribution in [-0.2, 0) is 16.4 Å². The van der Waals surface area contributed by atoms with Crippen LogP contribution in [0.1, 0.15) is 27.0 Å². The Morgan fingerprint density at radius 1 is 0.814 bits per heavy atom. The van der Waals surface area contributed by atoms with Gasteiger partial charge in [0, 0.05) is 127 Å². The number of hydrogen-bond acceptors (Lipinski definition) is 7. The molecule has 228 valence electrons. The van der Waals surface area contributed by atoms with E-state index in [-0.39, 0.29) is 16.8 Å². The van der Waals surface area contributed by atoms with Crippen molar-refractivity contribution in [2.45, 2.75) is 15.3 Å². The Balaban J connectivity index is 1.46. The van der Waals surface area contributed by atoms with Crippen molar-refractivity contribution >= 4 is 28.2 Å². The Morgan fingerprint density at radius 2 is 1.44 bits per heavy atom. The van der Waals surface area contributed by atoms with Gasteiger partial charge in [-0.1, -0.05) is 18.2 Å². The molecule has 9 heteroatoms. The van der Waals surface area contributed by atoms with Crippen molar-refractivity contribution in [3.8, 4) is 0 Å². The molecule has 1 saturated heterocycles. The molecule has 3 aliphatic rings. The molecule has 1 fully saturated rings. The van der Waals surface area contributed by atoms with Crippen molar-refractivity contribution < 1.29 is 4.79 Å². The zero-order chi connectivity index (χ0) is 30.0. The molecule has 43 heavy (non-hydrogen) atoms. The summed E-state index contributed by atoms with van der Waals surface area (Å²) in [6, 6.07) is 21.9. The summed E-state index contributed by atoms with van der Waals surface area (Å²) in [7, 11) is 6.01. The number of fused-ring (bicyclic) bond motifs is 6. The van der Waals surface area contributed by atoms with Gasteiger partial charge in [0.2, 0.25) is 0 Å². The van der Waals surface area contributed by atoms with E-state index in [0.29, 0.717) is 6.54 Å². The zero-order valence-electron chi connectivity index (χ0n) is 26.0. The molecular weight excluding hydrogens is 554 g/mol. The molecule has 4 N–H and O–H groups in total. The van der Waals surface area contributed by atoms with Crippen LogP contribution in [0.5, 0.6) is 0 Å². The zero-order valence-corrected chi connectivity index (χ0v) is 26.8. The van der Waals surface area contributed by atoms with E-state index in [9.17, 15) is 4.79 Å². The van der Waals surface area contributed by atoms with Gasteiger partial charge >= 0.3 is 0 Å². The number of amides is 1. The van der Waals surface area contributed by atoms with Gasteiger partial charge in [-0.2, -0.15) is 0 Å². The van der Waals surface area contributed by atoms with Gasteiger partial charge in [0.15, 0.2) is 9.79 Å². The monoisotopic (exact) mass is 600 g/mol. The van der Waals surface area contributed by atoms with E-state index in [1.54, 1.807) is 0 Å². The molecule has 0 bridgehead atoms. The minimum atomic E-state index is -0.677. The largest absolute Gasteiger partial charge is 0.388 e. The third-order valence-electron chi connectivity index (χ3n) is 9.20. The maximum atomic E-state index is 14.5. The second-order valence-electron chi connectivity index (χ2n) is 11.9. The molecule has 3 heterocycles. The van der Waals surface area contributed by atoms with Gasteiger partial charge in [0.1, 0.15) is 11.8 Å². The van der Waals surface area contributed by atoms with Gasteiger partial charge in [-0.25, -0.2) is 0 Å². The summed E-state index contributed by atoms with van der Waals surface area (Å²) < 4.78 is 0. The number of carbonyl (C=O) groups is 1. The Labute approximate surface area is 259 Å². The fourth-order valence-electron chi connectivity index (χ4n) is 6.89. The van der Waals surface area contributed by atoms with E-state index in [4.69, 9.17) is 0 Å². The van der Waals surface area contributed by atoms with Crippen LogP contribution in [0.3, 0.4) is 0 Å². The summed E-state index contributed by atoms with van der Waals surface area (Å²) in [4.78, 5) is 24.0. The Bertz CT molecular complexity index is 1450. The summed E-state index contributed by atoms with van der Waals surface area (Å²) >= 11 is 0. The van der Waals surface area contributed by atoms with Gasteiger partial charge in [0.25, 0.3) is 5.91 Å². The predicted octanol–water partition coefficient (Wildman–Crippen LogP) is 2.61. The van der Waals surface area contributed by atoms with Crippen LogP contribution in [0.15, 0.2) is 70.5 Å². The second kappa shape index (κ2) is 12.9. The van der Waals surface area contributed by atoms with Crippen LogP contribution in [0.4, 0.5) is 11.4 Å². The first-order valence-electron chi connectivity index (χ1n) is 15.5. The lowest BCUT2D eigenvalue weighted by Crippen LogP contribution is -2.52. The fourth-order valence-corrected chi connectivity index (χ4v) is 8.82. The molecule has 0 radical (unpaired) electrons. The van der Waals surface area contributed by atoms with Crippen molar-refractivity contribution in [3.05, 3.63) is 82.9 Å². The lowest BCUT2D eigenvalue weighted by Gasteiger charge is -2.44. The maximum Gasteiger partial charge on any atom is 0.255 e. The molecule has 3 aromatic carbocycles. The number of nitrogens with zero attached hydrogens (tertiary/aromatic N) is 3. The Hall–Kier alpha value is -3.08. The molecule has 0 aliphatic carbocycles. The minimum absolute atomic E-state index is 0.122. The Kier molecular flexibility index (Phi) is 8.98. The summed E-state index contributed by atoms with van der Waals surface area (Å²) in [5.41, 5.74) is 5.97. The van der Waals surface area contributed by atoms with Gasteiger partial charge in [-0.05, 0) is 35.9 Å². The molecule has 2 atom stereocenters. The van der Waals surface area contributed by atoms with E-state index < -0.39 is 5.54 Å². The quantitative estimate of drug-likeness (QED) is 0.336. The third kappa shape index (κ3) is 5.42. The van der Waals surface area contributed by atoms with Gasteiger partial charge in [0.05, 0.1) is 10.9 Å². The standard InChI is InChI=1S/C34H46N7OS/c1-35-25-9-11-29-31(23-25)43(4)32-24-26(39(2)3)10-12-30(32)34(29)28-8-6-5-7-27(28)33(42)41(34)22-21-40-19-17-37-15-13-36-14-16-38-18-20-40/h5-12,23-24,35-38H,13-22H2,1-4H3/q+1/t34-,43?/m1/s1. The summed E-state index contributed by atoms with van der Waals surface area (Å²) in [5, 5.41) is 14.0. The first-order valence-corrected chi connectivity index (χ1v) is 17.2. The lowest BCUT2D eigenvalue weighted by atomic mass is 9.76. The number of carbonyl (C=O) groups excluding carboxylic acids is 1. The molecule has 0 saturated carbocycles. The SMILES string of the molecule is CNc1ccc2c(c1)[S+](C)c1cc(N(C)C)ccc1[C@@]21c2ccccc2C(=O)N1CCN1CCNCCNCCNCC1. The topological polar surface area (TPSA) is 74.9 Å². The van der Waals surface area contributed by atoms with Crippen LogP contribution in [0.25, 0.3) is 0 Å². The average Bonchev–Trinajstić information content (AvgIpc) is 3.27. The number of nitrogens with one attached hydrogen (secondary N) is 4. The van der Waals surface area contributed by atoms with E-state index >= 15 is 0 Å². The van der Waals surface area contributed by atoms with Crippen LogP contribution >= 0.6 is 0 Å². The highest BCUT2D eigenvalue weighted by molar-refractivity contribution is 7.96. The van der Waals surface area contributed by atoms with Crippen molar-refractivity contribution in [2.24, 2.45) is 0 Å².